The van der Waals surface area contributed by atoms with E-state index in [0.29, 0.717) is 5.76 Å². The first kappa shape index (κ1) is 18.0. The molecule has 0 saturated carbocycles. The average Bonchev–Trinajstić information content (AvgIpc) is 3.11. The lowest BCUT2D eigenvalue weighted by molar-refractivity contribution is -0.385. The van der Waals surface area contributed by atoms with Crippen LogP contribution in [0.1, 0.15) is 23.0 Å². The highest BCUT2D eigenvalue weighted by molar-refractivity contribution is 5.97. The SMILES string of the molecule is CCOc1ccc(C(=O)NCC(=O)NCc2ccco2)cc1[N+](=O)[O-]. The summed E-state index contributed by atoms with van der Waals surface area (Å²) >= 11 is 0. The molecule has 1 aromatic heterocycles. The van der Waals surface area contributed by atoms with Gasteiger partial charge in [0, 0.05) is 11.6 Å². The first-order valence-corrected chi connectivity index (χ1v) is 7.49. The van der Waals surface area contributed by atoms with Gasteiger partial charge >= 0.3 is 5.69 Å². The summed E-state index contributed by atoms with van der Waals surface area (Å²) in [5.41, 5.74) is -0.245. The first-order chi connectivity index (χ1) is 12.0. The van der Waals surface area contributed by atoms with Gasteiger partial charge < -0.3 is 19.8 Å². The number of hydrogen-bond donors (Lipinski definition) is 2. The molecule has 0 unspecified atom stereocenters. The molecule has 1 heterocycles. The lowest BCUT2D eigenvalue weighted by atomic mass is 10.1. The standard InChI is InChI=1S/C16H17N3O6/c1-2-24-14-6-5-11(8-13(14)19(22)23)16(21)18-10-15(20)17-9-12-4-3-7-25-12/h3-8H,2,9-10H2,1H3,(H,17,20)(H,18,21). The molecular weight excluding hydrogens is 330 g/mol. The fraction of sp³-hybridized carbons (Fsp3) is 0.250. The van der Waals surface area contributed by atoms with Gasteiger partial charge in [0.25, 0.3) is 5.91 Å². The molecule has 0 aliphatic carbocycles. The molecule has 0 aliphatic rings. The maximum absolute atomic E-state index is 12.1. The van der Waals surface area contributed by atoms with Crippen molar-refractivity contribution in [3.63, 3.8) is 0 Å². The smallest absolute Gasteiger partial charge is 0.311 e. The van der Waals surface area contributed by atoms with E-state index >= 15 is 0 Å². The molecule has 9 nitrogen and oxygen atoms in total. The molecule has 0 radical (unpaired) electrons. The van der Waals surface area contributed by atoms with Gasteiger partial charge in [0.05, 0.1) is 30.9 Å². The highest BCUT2D eigenvalue weighted by Crippen LogP contribution is 2.27. The van der Waals surface area contributed by atoms with Gasteiger partial charge in [0.2, 0.25) is 5.91 Å². The lowest BCUT2D eigenvalue weighted by Gasteiger charge is -2.08. The Morgan fingerprint density at radius 1 is 1.28 bits per heavy atom. The van der Waals surface area contributed by atoms with Crippen LogP contribution in [0.5, 0.6) is 5.75 Å². The minimum atomic E-state index is -0.627. The summed E-state index contributed by atoms with van der Waals surface area (Å²) in [5, 5.41) is 16.0. The van der Waals surface area contributed by atoms with Crippen molar-refractivity contribution in [1.29, 1.82) is 0 Å². The number of carbonyl (C=O) groups is 2. The van der Waals surface area contributed by atoms with Crippen molar-refractivity contribution in [2.24, 2.45) is 0 Å². The number of nitro groups is 1. The molecule has 2 amide bonds. The summed E-state index contributed by atoms with van der Waals surface area (Å²) in [4.78, 5) is 34.2. The van der Waals surface area contributed by atoms with E-state index in [1.807, 2.05) is 0 Å². The summed E-state index contributed by atoms with van der Waals surface area (Å²) in [7, 11) is 0. The molecule has 2 rings (SSSR count). The topological polar surface area (TPSA) is 124 Å². The lowest BCUT2D eigenvalue weighted by Crippen LogP contribution is -2.36. The number of carbonyl (C=O) groups excluding carboxylic acids is 2. The number of hydrogen-bond acceptors (Lipinski definition) is 6. The van der Waals surface area contributed by atoms with Gasteiger partial charge in [-0.1, -0.05) is 0 Å². The molecule has 0 spiro atoms. The van der Waals surface area contributed by atoms with Gasteiger partial charge in [-0.15, -0.1) is 0 Å². The minimum absolute atomic E-state index is 0.0639. The van der Waals surface area contributed by atoms with Crippen LogP contribution in [0.25, 0.3) is 0 Å². The molecular formula is C16H17N3O6. The van der Waals surface area contributed by atoms with Crippen LogP contribution in [0, 0.1) is 10.1 Å². The summed E-state index contributed by atoms with van der Waals surface area (Å²) in [6, 6.07) is 7.27. The van der Waals surface area contributed by atoms with Crippen LogP contribution in [-0.2, 0) is 11.3 Å². The number of rotatable bonds is 8. The predicted molar refractivity (Wildman–Crippen MR) is 87.2 cm³/mol. The zero-order valence-electron chi connectivity index (χ0n) is 13.5. The average molecular weight is 347 g/mol. The van der Waals surface area contributed by atoms with Crippen LogP contribution in [0.4, 0.5) is 5.69 Å². The maximum Gasteiger partial charge on any atom is 0.311 e. The zero-order chi connectivity index (χ0) is 18.2. The Balaban J connectivity index is 1.92. The predicted octanol–water partition coefficient (Wildman–Crippen LogP) is 1.63. The fourth-order valence-electron chi connectivity index (χ4n) is 2.00. The Bertz CT molecular complexity index is 757. The fourth-order valence-corrected chi connectivity index (χ4v) is 2.00. The Morgan fingerprint density at radius 2 is 2.08 bits per heavy atom. The molecule has 1 aromatic carbocycles. The van der Waals surface area contributed by atoms with Gasteiger partial charge in [-0.3, -0.25) is 19.7 Å². The van der Waals surface area contributed by atoms with Crippen molar-refractivity contribution >= 4 is 17.5 Å². The number of benzene rings is 1. The Morgan fingerprint density at radius 3 is 2.72 bits per heavy atom. The molecule has 0 atom stereocenters. The van der Waals surface area contributed by atoms with E-state index in [9.17, 15) is 19.7 Å². The second kappa shape index (κ2) is 8.48. The monoisotopic (exact) mass is 347 g/mol. The Kier molecular flexibility index (Phi) is 6.10. The molecule has 0 fully saturated rings. The molecule has 0 saturated heterocycles. The normalized spacial score (nSPS) is 10.1. The molecule has 2 aromatic rings. The number of amides is 2. The van der Waals surface area contributed by atoms with Crippen LogP contribution in [-0.4, -0.2) is 29.9 Å². The second-order valence-electron chi connectivity index (χ2n) is 4.91. The van der Waals surface area contributed by atoms with E-state index in [4.69, 9.17) is 9.15 Å². The van der Waals surface area contributed by atoms with Crippen LogP contribution < -0.4 is 15.4 Å². The van der Waals surface area contributed by atoms with E-state index in [1.54, 1.807) is 19.1 Å². The van der Waals surface area contributed by atoms with Crippen molar-refractivity contribution in [1.82, 2.24) is 10.6 Å². The van der Waals surface area contributed by atoms with Crippen LogP contribution in [0.3, 0.4) is 0 Å². The van der Waals surface area contributed by atoms with E-state index in [-0.39, 0.29) is 36.7 Å². The number of nitro benzene ring substituents is 1. The van der Waals surface area contributed by atoms with Crippen molar-refractivity contribution in [3.8, 4) is 5.75 Å². The van der Waals surface area contributed by atoms with Crippen molar-refractivity contribution in [2.45, 2.75) is 13.5 Å². The van der Waals surface area contributed by atoms with E-state index < -0.39 is 16.7 Å². The van der Waals surface area contributed by atoms with Gasteiger partial charge in [-0.05, 0) is 31.2 Å². The highest BCUT2D eigenvalue weighted by Gasteiger charge is 2.18. The Labute approximate surface area is 143 Å². The number of ether oxygens (including phenoxy) is 1. The first-order valence-electron chi connectivity index (χ1n) is 7.49. The molecule has 0 aliphatic heterocycles. The van der Waals surface area contributed by atoms with Crippen molar-refractivity contribution in [3.05, 3.63) is 58.0 Å². The molecule has 0 bridgehead atoms. The van der Waals surface area contributed by atoms with Gasteiger partial charge in [-0.25, -0.2) is 0 Å². The van der Waals surface area contributed by atoms with Gasteiger partial charge in [0.15, 0.2) is 5.75 Å². The number of furan rings is 1. The maximum atomic E-state index is 12.1. The van der Waals surface area contributed by atoms with Gasteiger partial charge in [0.1, 0.15) is 5.76 Å². The zero-order valence-corrected chi connectivity index (χ0v) is 13.5. The van der Waals surface area contributed by atoms with Gasteiger partial charge in [-0.2, -0.15) is 0 Å². The number of nitrogens with one attached hydrogen (secondary N) is 2. The highest BCUT2D eigenvalue weighted by atomic mass is 16.6. The van der Waals surface area contributed by atoms with E-state index in [2.05, 4.69) is 10.6 Å². The van der Waals surface area contributed by atoms with Crippen molar-refractivity contribution in [2.75, 3.05) is 13.2 Å². The third-order valence-electron chi connectivity index (χ3n) is 3.17. The van der Waals surface area contributed by atoms with Crippen molar-refractivity contribution < 1.29 is 23.7 Å². The summed E-state index contributed by atoms with van der Waals surface area (Å²) in [5.74, 6) is -0.341. The third-order valence-corrected chi connectivity index (χ3v) is 3.17. The van der Waals surface area contributed by atoms with E-state index in [0.717, 1.165) is 6.07 Å². The van der Waals surface area contributed by atoms with Crippen LogP contribution >= 0.6 is 0 Å². The summed E-state index contributed by atoms with van der Waals surface area (Å²) < 4.78 is 10.2. The third kappa shape index (κ3) is 5.06. The minimum Gasteiger partial charge on any atom is -0.487 e. The summed E-state index contributed by atoms with van der Waals surface area (Å²) in [6.45, 7) is 1.91. The molecule has 25 heavy (non-hydrogen) atoms. The van der Waals surface area contributed by atoms with Crippen LogP contribution in [0.15, 0.2) is 41.0 Å². The summed E-state index contributed by atoms with van der Waals surface area (Å²) in [6.07, 6.45) is 1.49. The number of nitrogens with zero attached hydrogens (tertiary/aromatic N) is 1. The molecule has 132 valence electrons. The quantitative estimate of drug-likeness (QED) is 0.552. The largest absolute Gasteiger partial charge is 0.487 e. The molecule has 9 heteroatoms. The molecule has 2 N–H and O–H groups in total. The Hall–Kier alpha value is -3.36. The second-order valence-corrected chi connectivity index (χ2v) is 4.91. The van der Waals surface area contributed by atoms with E-state index in [1.165, 1.54) is 18.4 Å². The van der Waals surface area contributed by atoms with Crippen LogP contribution in [0.2, 0.25) is 0 Å².